The molecule has 0 heterocycles. The Bertz CT molecular complexity index is 1040. The zero-order valence-electron chi connectivity index (χ0n) is 19.5. The van der Waals surface area contributed by atoms with E-state index in [0.717, 1.165) is 24.0 Å². The highest BCUT2D eigenvalue weighted by Crippen LogP contribution is 2.19. The summed E-state index contributed by atoms with van der Waals surface area (Å²) in [5, 5.41) is 3.55. The molecular weight excluding hydrogens is 448 g/mol. The molecule has 34 heavy (non-hydrogen) atoms. The van der Waals surface area contributed by atoms with Gasteiger partial charge in [-0.15, -0.1) is 0 Å². The molecule has 0 spiro atoms. The summed E-state index contributed by atoms with van der Waals surface area (Å²) in [6, 6.07) is 25.7. The highest BCUT2D eigenvalue weighted by atomic mass is 35.5. The Hall–Kier alpha value is -3.31. The average Bonchev–Trinajstić information content (AvgIpc) is 2.86. The summed E-state index contributed by atoms with van der Waals surface area (Å²) in [6.07, 6.45) is 2.27. The van der Waals surface area contributed by atoms with E-state index in [-0.39, 0.29) is 18.4 Å². The van der Waals surface area contributed by atoms with Crippen molar-refractivity contribution in [3.8, 4) is 5.75 Å². The number of ether oxygens (including phenoxy) is 1. The second kappa shape index (κ2) is 13.4. The first kappa shape index (κ1) is 25.3. The lowest BCUT2D eigenvalue weighted by Gasteiger charge is -2.31. The number of nitrogens with one attached hydrogen (secondary N) is 1. The Morgan fingerprint density at radius 2 is 1.62 bits per heavy atom. The summed E-state index contributed by atoms with van der Waals surface area (Å²) in [4.78, 5) is 28.4. The second-order valence-corrected chi connectivity index (χ2v) is 8.54. The molecule has 0 fully saturated rings. The molecule has 0 bridgehead atoms. The number of halogens is 1. The van der Waals surface area contributed by atoms with Crippen LogP contribution in [-0.4, -0.2) is 35.9 Å². The van der Waals surface area contributed by atoms with Gasteiger partial charge < -0.3 is 15.0 Å². The summed E-state index contributed by atoms with van der Waals surface area (Å²) in [5.41, 5.74) is 1.93. The fourth-order valence-electron chi connectivity index (χ4n) is 3.63. The van der Waals surface area contributed by atoms with E-state index in [2.05, 4.69) is 12.2 Å². The lowest BCUT2D eigenvalue weighted by atomic mass is 10.0. The molecule has 0 aliphatic carbocycles. The first-order valence-corrected chi connectivity index (χ1v) is 12.0. The summed E-state index contributed by atoms with van der Waals surface area (Å²) in [7, 11) is 0. The first-order chi connectivity index (χ1) is 16.6. The predicted octanol–water partition coefficient (Wildman–Crippen LogP) is 5.28. The molecule has 0 aliphatic heterocycles. The Labute approximate surface area is 206 Å². The van der Waals surface area contributed by atoms with Crippen LogP contribution in [-0.2, 0) is 22.6 Å². The zero-order chi connectivity index (χ0) is 24.2. The van der Waals surface area contributed by atoms with Gasteiger partial charge in [-0.25, -0.2) is 0 Å². The van der Waals surface area contributed by atoms with Crippen LogP contribution in [0.4, 0.5) is 0 Å². The minimum Gasteiger partial charge on any atom is -0.484 e. The molecule has 178 valence electrons. The number of hydrogen-bond acceptors (Lipinski definition) is 3. The molecule has 3 aromatic carbocycles. The molecule has 0 aromatic heterocycles. The molecule has 1 atom stereocenters. The van der Waals surface area contributed by atoms with Crippen LogP contribution in [0.2, 0.25) is 5.02 Å². The highest BCUT2D eigenvalue weighted by molar-refractivity contribution is 6.30. The third kappa shape index (κ3) is 7.92. The topological polar surface area (TPSA) is 58.6 Å². The largest absolute Gasteiger partial charge is 0.484 e. The van der Waals surface area contributed by atoms with Gasteiger partial charge in [0.25, 0.3) is 5.91 Å². The van der Waals surface area contributed by atoms with Gasteiger partial charge in [0.15, 0.2) is 6.61 Å². The van der Waals surface area contributed by atoms with Crippen molar-refractivity contribution in [1.82, 2.24) is 10.2 Å². The smallest absolute Gasteiger partial charge is 0.261 e. The van der Waals surface area contributed by atoms with E-state index in [0.29, 0.717) is 30.3 Å². The van der Waals surface area contributed by atoms with Gasteiger partial charge in [-0.2, -0.15) is 0 Å². The molecule has 0 saturated heterocycles. The molecule has 2 amide bonds. The number of amides is 2. The monoisotopic (exact) mass is 478 g/mol. The summed E-state index contributed by atoms with van der Waals surface area (Å²) in [6.45, 7) is 2.76. The van der Waals surface area contributed by atoms with Gasteiger partial charge >= 0.3 is 0 Å². The van der Waals surface area contributed by atoms with Crippen molar-refractivity contribution in [3.05, 3.63) is 101 Å². The molecule has 5 nitrogen and oxygen atoms in total. The van der Waals surface area contributed by atoms with Crippen molar-refractivity contribution < 1.29 is 14.3 Å². The first-order valence-electron chi connectivity index (χ1n) is 11.6. The summed E-state index contributed by atoms with van der Waals surface area (Å²) in [5.74, 6) is 0.0762. The number of carbonyl (C=O) groups excluding carboxylic acids is 2. The van der Waals surface area contributed by atoms with Crippen LogP contribution in [0.15, 0.2) is 84.9 Å². The lowest BCUT2D eigenvalue weighted by Crippen LogP contribution is -2.51. The Kier molecular flexibility index (Phi) is 9.98. The Morgan fingerprint density at radius 1 is 0.941 bits per heavy atom. The average molecular weight is 479 g/mol. The maximum atomic E-state index is 13.5. The fraction of sp³-hybridized carbons (Fsp3) is 0.286. The van der Waals surface area contributed by atoms with Crippen molar-refractivity contribution in [3.63, 3.8) is 0 Å². The SMILES string of the molecule is CCCCNC(=O)[C@H](Cc1ccccc1)N(Cc1ccccc1)C(=O)COc1cccc(Cl)c1. The molecule has 0 radical (unpaired) electrons. The van der Waals surface area contributed by atoms with E-state index >= 15 is 0 Å². The van der Waals surface area contributed by atoms with Gasteiger partial charge in [0.2, 0.25) is 5.91 Å². The molecule has 0 saturated carbocycles. The van der Waals surface area contributed by atoms with Crippen molar-refractivity contribution >= 4 is 23.4 Å². The van der Waals surface area contributed by atoms with Crippen LogP contribution >= 0.6 is 11.6 Å². The van der Waals surface area contributed by atoms with Crippen LogP contribution in [0, 0.1) is 0 Å². The minimum atomic E-state index is -0.671. The van der Waals surface area contributed by atoms with Crippen molar-refractivity contribution in [2.75, 3.05) is 13.2 Å². The lowest BCUT2D eigenvalue weighted by molar-refractivity contribution is -0.142. The molecule has 1 N–H and O–H groups in total. The van der Waals surface area contributed by atoms with E-state index in [1.54, 1.807) is 29.2 Å². The van der Waals surface area contributed by atoms with E-state index < -0.39 is 6.04 Å². The normalized spacial score (nSPS) is 11.5. The number of rotatable bonds is 12. The fourth-order valence-corrected chi connectivity index (χ4v) is 3.81. The highest BCUT2D eigenvalue weighted by Gasteiger charge is 2.30. The summed E-state index contributed by atoms with van der Waals surface area (Å²) < 4.78 is 5.74. The van der Waals surface area contributed by atoms with Gasteiger partial charge in [0.05, 0.1) is 0 Å². The number of hydrogen-bond donors (Lipinski definition) is 1. The Balaban J connectivity index is 1.85. The van der Waals surface area contributed by atoms with E-state index in [9.17, 15) is 9.59 Å². The van der Waals surface area contributed by atoms with Crippen molar-refractivity contribution in [2.24, 2.45) is 0 Å². The van der Waals surface area contributed by atoms with Crippen LogP contribution in [0.3, 0.4) is 0 Å². The second-order valence-electron chi connectivity index (χ2n) is 8.10. The van der Waals surface area contributed by atoms with Crippen LogP contribution in [0.5, 0.6) is 5.75 Å². The molecule has 3 rings (SSSR count). The number of carbonyl (C=O) groups is 2. The minimum absolute atomic E-state index is 0.163. The quantitative estimate of drug-likeness (QED) is 0.360. The number of nitrogens with zero attached hydrogens (tertiary/aromatic N) is 1. The predicted molar refractivity (Wildman–Crippen MR) is 136 cm³/mol. The summed E-state index contributed by atoms with van der Waals surface area (Å²) >= 11 is 6.04. The van der Waals surface area contributed by atoms with Crippen LogP contribution in [0.1, 0.15) is 30.9 Å². The molecule has 3 aromatic rings. The van der Waals surface area contributed by atoms with Crippen molar-refractivity contribution in [2.45, 2.75) is 38.8 Å². The Morgan fingerprint density at radius 3 is 2.26 bits per heavy atom. The van der Waals surface area contributed by atoms with Gasteiger partial charge in [0.1, 0.15) is 11.8 Å². The molecule has 0 unspecified atom stereocenters. The van der Waals surface area contributed by atoms with E-state index in [1.165, 1.54) is 0 Å². The maximum Gasteiger partial charge on any atom is 0.261 e. The van der Waals surface area contributed by atoms with Crippen LogP contribution in [0.25, 0.3) is 0 Å². The molecule has 6 heteroatoms. The van der Waals surface area contributed by atoms with Crippen LogP contribution < -0.4 is 10.1 Å². The van der Waals surface area contributed by atoms with Gasteiger partial charge in [0, 0.05) is 24.5 Å². The zero-order valence-corrected chi connectivity index (χ0v) is 20.2. The van der Waals surface area contributed by atoms with E-state index in [1.807, 2.05) is 60.7 Å². The standard InChI is InChI=1S/C28H31ClN2O3/c1-2-3-17-30-28(33)26(18-22-11-6-4-7-12-22)31(20-23-13-8-5-9-14-23)27(32)21-34-25-16-10-15-24(29)19-25/h4-16,19,26H,2-3,17-18,20-21H2,1H3,(H,30,33)/t26-/m0/s1. The third-order valence-electron chi connectivity index (χ3n) is 5.45. The van der Waals surface area contributed by atoms with E-state index in [4.69, 9.17) is 16.3 Å². The van der Waals surface area contributed by atoms with Gasteiger partial charge in [-0.1, -0.05) is 91.7 Å². The molecule has 0 aliphatic rings. The third-order valence-corrected chi connectivity index (χ3v) is 5.69. The van der Waals surface area contributed by atoms with Gasteiger partial charge in [-0.3, -0.25) is 9.59 Å². The maximum absolute atomic E-state index is 13.5. The number of benzene rings is 3. The van der Waals surface area contributed by atoms with Crippen molar-refractivity contribution in [1.29, 1.82) is 0 Å². The molecular formula is C28H31ClN2O3. The number of unbranched alkanes of at least 4 members (excludes halogenated alkanes) is 1. The van der Waals surface area contributed by atoms with Gasteiger partial charge in [-0.05, 0) is 35.7 Å².